The first kappa shape index (κ1) is 53.1. The summed E-state index contributed by atoms with van der Waals surface area (Å²) in [6, 6.07) is 13.8. The molecular weight excluding hydrogens is 1020 g/mol. The van der Waals surface area contributed by atoms with Gasteiger partial charge in [0, 0.05) is 83.0 Å². The van der Waals surface area contributed by atoms with E-state index in [2.05, 4.69) is 67.0 Å². The second-order valence-corrected chi connectivity index (χ2v) is 21.7. The van der Waals surface area contributed by atoms with Crippen molar-refractivity contribution in [1.29, 1.82) is 0 Å². The summed E-state index contributed by atoms with van der Waals surface area (Å²) in [5, 5.41) is 29.9. The summed E-state index contributed by atoms with van der Waals surface area (Å²) in [7, 11) is 2.14. The van der Waals surface area contributed by atoms with Crippen LogP contribution in [0.3, 0.4) is 0 Å². The van der Waals surface area contributed by atoms with Crippen LogP contribution >= 0.6 is 45.9 Å². The van der Waals surface area contributed by atoms with Crippen molar-refractivity contribution in [3.8, 4) is 10.0 Å². The Balaban J connectivity index is 0.759. The number of carbonyl (C=O) groups excluding carboxylic acids is 3. The van der Waals surface area contributed by atoms with Gasteiger partial charge in [-0.2, -0.15) is 0 Å². The Bertz CT molecular complexity index is 3060. The van der Waals surface area contributed by atoms with Crippen molar-refractivity contribution in [3.63, 3.8) is 0 Å². The molecule has 3 aliphatic rings. The van der Waals surface area contributed by atoms with Gasteiger partial charge in [0.2, 0.25) is 11.8 Å². The van der Waals surface area contributed by atoms with Gasteiger partial charge in [0.1, 0.15) is 33.7 Å². The van der Waals surface area contributed by atoms with Crippen LogP contribution in [0.2, 0.25) is 10.0 Å². The normalized spacial score (nSPS) is 16.5. The summed E-state index contributed by atoms with van der Waals surface area (Å²) in [5.41, 5.74) is 6.78. The molecule has 3 N–H and O–H groups in total. The van der Waals surface area contributed by atoms with E-state index in [0.29, 0.717) is 64.4 Å². The number of hydrogen-bond donors (Lipinski definition) is 3. The van der Waals surface area contributed by atoms with Gasteiger partial charge < -0.3 is 35.2 Å². The van der Waals surface area contributed by atoms with E-state index in [1.807, 2.05) is 66.3 Å². The molecule has 0 spiro atoms. The summed E-state index contributed by atoms with van der Waals surface area (Å²) in [5.74, 6) is 1.93. The number of nitrogens with zero attached hydrogens (tertiary/aromatic N) is 10. The van der Waals surface area contributed by atoms with Crippen LogP contribution in [0.4, 0.5) is 0 Å². The van der Waals surface area contributed by atoms with Crippen LogP contribution in [-0.4, -0.2) is 154 Å². The topological polar surface area (TPSA) is 198 Å². The molecule has 2 atom stereocenters. The maximum Gasteiger partial charge on any atom is 0.261 e. The Morgan fingerprint density at radius 3 is 1.65 bits per heavy atom. The van der Waals surface area contributed by atoms with Gasteiger partial charge >= 0.3 is 0 Å². The molecule has 18 nitrogen and oxygen atoms in total. The molecule has 2 aromatic carbocycles. The van der Waals surface area contributed by atoms with E-state index in [4.69, 9.17) is 42.7 Å². The number of aryl methyl sites for hydroxylation is 3. The van der Waals surface area contributed by atoms with Crippen molar-refractivity contribution in [3.05, 3.63) is 125 Å². The average Bonchev–Trinajstić information content (AvgIpc) is 4.09. The van der Waals surface area contributed by atoms with Crippen LogP contribution < -0.4 is 16.0 Å². The summed E-state index contributed by atoms with van der Waals surface area (Å²) in [6.07, 6.45) is 1.01. The first-order chi connectivity index (χ1) is 35.7. The summed E-state index contributed by atoms with van der Waals surface area (Å²) in [4.78, 5) is 57.6. The third-order valence-electron chi connectivity index (χ3n) is 13.5. The van der Waals surface area contributed by atoms with Crippen LogP contribution in [0.1, 0.15) is 103 Å². The zero-order chi connectivity index (χ0) is 52.0. The summed E-state index contributed by atoms with van der Waals surface area (Å²) >= 11 is 15.6. The SMILES string of the molecule is Cc1sc2c(c1C)C(c1ccc(Cl)cc1)=N[C@@H](CC(=O)NCCOCCOCCNC(=O)c1sc3c(c1C)C(c1ccc(Cl)cc1)=N[C@@H](CC(=O)NCCCN1CCN(C)CC1)c1nnc(C)n1-3)c1nnc(C)n1-2. The minimum atomic E-state index is -0.628. The Morgan fingerprint density at radius 1 is 0.622 bits per heavy atom. The number of likely N-dealkylation sites (N-methyl/N-ethyl adjacent to an activating group) is 1. The van der Waals surface area contributed by atoms with Gasteiger partial charge in [0.05, 0.1) is 55.6 Å². The molecule has 0 aliphatic carbocycles. The van der Waals surface area contributed by atoms with Gasteiger partial charge in [0.15, 0.2) is 11.6 Å². The molecule has 4 aromatic heterocycles. The van der Waals surface area contributed by atoms with Crippen LogP contribution in [0, 0.1) is 34.6 Å². The number of piperazine rings is 1. The van der Waals surface area contributed by atoms with E-state index < -0.39 is 12.1 Å². The van der Waals surface area contributed by atoms with Crippen molar-refractivity contribution >= 4 is 75.0 Å². The molecule has 0 saturated carbocycles. The van der Waals surface area contributed by atoms with Gasteiger partial charge in [-0.15, -0.1) is 43.1 Å². The smallest absolute Gasteiger partial charge is 0.261 e. The van der Waals surface area contributed by atoms with Crippen molar-refractivity contribution in [2.75, 3.05) is 85.8 Å². The fraction of sp³-hybridized carbons (Fsp3) is 0.442. The molecule has 74 heavy (non-hydrogen) atoms. The number of benzene rings is 2. The van der Waals surface area contributed by atoms with Crippen LogP contribution in [0.5, 0.6) is 0 Å². The van der Waals surface area contributed by atoms with E-state index in [1.165, 1.54) is 16.2 Å². The Labute approximate surface area is 448 Å². The van der Waals surface area contributed by atoms with E-state index in [1.54, 1.807) is 23.5 Å². The molecule has 3 aliphatic heterocycles. The maximum absolute atomic E-state index is 13.9. The van der Waals surface area contributed by atoms with Gasteiger partial charge in [-0.05, 0) is 90.0 Å². The van der Waals surface area contributed by atoms with E-state index >= 15 is 0 Å². The lowest BCUT2D eigenvalue weighted by atomic mass is 9.99. The number of thiophene rings is 2. The molecular formula is C52H61Cl2N13O5S2. The first-order valence-corrected chi connectivity index (χ1v) is 27.3. The van der Waals surface area contributed by atoms with E-state index in [0.717, 1.165) is 94.1 Å². The number of amides is 3. The Morgan fingerprint density at radius 2 is 1.11 bits per heavy atom. The largest absolute Gasteiger partial charge is 0.377 e. The molecule has 0 bridgehead atoms. The molecule has 7 heterocycles. The Kier molecular flexibility index (Phi) is 17.1. The molecule has 1 fully saturated rings. The zero-order valence-electron chi connectivity index (χ0n) is 42.5. The lowest BCUT2D eigenvalue weighted by Gasteiger charge is -2.32. The molecule has 6 aromatic rings. The van der Waals surface area contributed by atoms with Crippen molar-refractivity contribution in [1.82, 2.24) is 55.3 Å². The van der Waals surface area contributed by atoms with Crippen molar-refractivity contribution in [2.45, 2.75) is 66.0 Å². The molecule has 390 valence electrons. The number of fused-ring (bicyclic) bond motifs is 6. The summed E-state index contributed by atoms with van der Waals surface area (Å²) in [6.45, 7) is 17.2. The van der Waals surface area contributed by atoms with Gasteiger partial charge in [-0.25, -0.2) is 0 Å². The standard InChI is InChI=1S/C52H61Cl2N13O5S2/c1-30-32(3)73-51-43(30)45(35-8-12-37(53)13-9-35)58-40(48-62-60-33(4)66(48)51)29-42(69)56-17-24-71-26-27-72-25-18-57-50(70)47-31(2)44-46(36-10-14-38(54)15-11-36)59-39(49-63-61-34(5)67(49)52(44)74-47)28-41(68)55-16-7-19-65-22-20-64(6)21-23-65/h8-15,39-40H,7,16-29H2,1-6H3,(H,55,68)(H,56,69)(H,57,70)/t39-,40-/m0/s1. The maximum atomic E-state index is 13.9. The quantitative estimate of drug-likeness (QED) is 0.0687. The second kappa shape index (κ2) is 23.9. The highest BCUT2D eigenvalue weighted by atomic mass is 35.5. The van der Waals surface area contributed by atoms with Crippen molar-refractivity contribution in [2.24, 2.45) is 9.98 Å². The highest BCUT2D eigenvalue weighted by molar-refractivity contribution is 7.17. The minimum Gasteiger partial charge on any atom is -0.377 e. The van der Waals surface area contributed by atoms with Gasteiger partial charge in [0.25, 0.3) is 5.91 Å². The molecule has 0 unspecified atom stereocenters. The molecule has 1 saturated heterocycles. The number of halogens is 2. The van der Waals surface area contributed by atoms with Crippen LogP contribution in [-0.2, 0) is 19.1 Å². The number of hydrogen-bond acceptors (Lipinski definition) is 15. The average molecular weight is 1080 g/mol. The third-order valence-corrected chi connectivity index (χ3v) is 16.5. The van der Waals surface area contributed by atoms with Gasteiger partial charge in [-0.1, -0.05) is 47.5 Å². The lowest BCUT2D eigenvalue weighted by Crippen LogP contribution is -2.45. The number of nitrogens with one attached hydrogen (secondary N) is 3. The molecule has 3 amide bonds. The fourth-order valence-corrected chi connectivity index (χ4v) is 12.1. The highest BCUT2D eigenvalue weighted by Crippen LogP contribution is 2.41. The first-order valence-electron chi connectivity index (χ1n) is 24.9. The fourth-order valence-electron chi connectivity index (χ4n) is 9.37. The number of rotatable bonds is 20. The van der Waals surface area contributed by atoms with E-state index in [9.17, 15) is 14.4 Å². The van der Waals surface area contributed by atoms with Crippen molar-refractivity contribution < 1.29 is 23.9 Å². The summed E-state index contributed by atoms with van der Waals surface area (Å²) < 4.78 is 15.5. The van der Waals surface area contributed by atoms with Crippen LogP contribution in [0.25, 0.3) is 10.0 Å². The van der Waals surface area contributed by atoms with E-state index in [-0.39, 0.29) is 50.3 Å². The second-order valence-electron chi connectivity index (χ2n) is 18.7. The number of aliphatic imine (C=N–C) groups is 2. The molecule has 22 heteroatoms. The monoisotopic (exact) mass is 1080 g/mol. The number of aromatic nitrogens is 6. The zero-order valence-corrected chi connectivity index (χ0v) is 45.6. The number of ether oxygens (including phenoxy) is 2. The Hall–Kier alpha value is -5.71. The molecule has 9 rings (SSSR count). The predicted molar refractivity (Wildman–Crippen MR) is 290 cm³/mol. The third kappa shape index (κ3) is 11.9. The number of carbonyl (C=O) groups is 3. The lowest BCUT2D eigenvalue weighted by molar-refractivity contribution is -0.122. The predicted octanol–water partition coefficient (Wildman–Crippen LogP) is 6.72. The highest BCUT2D eigenvalue weighted by Gasteiger charge is 2.35. The molecule has 0 radical (unpaired) electrons. The van der Waals surface area contributed by atoms with Gasteiger partial charge in [-0.3, -0.25) is 33.5 Å². The van der Waals surface area contributed by atoms with Crippen LogP contribution in [0.15, 0.2) is 58.5 Å². The minimum absolute atomic E-state index is 0.0713.